The van der Waals surface area contributed by atoms with Gasteiger partial charge in [-0.15, -0.1) is 11.3 Å². The van der Waals surface area contributed by atoms with E-state index in [-0.39, 0.29) is 11.6 Å². The highest BCUT2D eigenvalue weighted by Crippen LogP contribution is 2.28. The van der Waals surface area contributed by atoms with Gasteiger partial charge in [-0.3, -0.25) is 5.32 Å². The Morgan fingerprint density at radius 3 is 2.96 bits per heavy atom. The summed E-state index contributed by atoms with van der Waals surface area (Å²) >= 11 is 7.12. The normalized spacial score (nSPS) is 15.2. The molecule has 3 N–H and O–H groups in total. The van der Waals surface area contributed by atoms with Gasteiger partial charge in [-0.25, -0.2) is 14.2 Å². The molecule has 0 aliphatic heterocycles. The van der Waals surface area contributed by atoms with E-state index in [2.05, 4.69) is 15.6 Å². The first-order valence-electron chi connectivity index (χ1n) is 8.19. The van der Waals surface area contributed by atoms with Crippen molar-refractivity contribution in [1.82, 2.24) is 10.3 Å². The maximum atomic E-state index is 13.4. The van der Waals surface area contributed by atoms with Crippen molar-refractivity contribution in [3.63, 3.8) is 0 Å². The molecule has 0 bridgehead atoms. The van der Waals surface area contributed by atoms with Crippen LogP contribution in [0, 0.1) is 5.82 Å². The summed E-state index contributed by atoms with van der Waals surface area (Å²) < 4.78 is 13.4. The number of anilines is 1. The predicted molar refractivity (Wildman–Crippen MR) is 96.8 cm³/mol. The van der Waals surface area contributed by atoms with Crippen molar-refractivity contribution < 1.29 is 14.3 Å². The minimum atomic E-state index is -1.02. The number of hydrogen-bond donors (Lipinski definition) is 3. The molecule has 8 heteroatoms. The third-order valence-corrected chi connectivity index (χ3v) is 5.48. The number of halogens is 2. The van der Waals surface area contributed by atoms with E-state index in [1.807, 2.05) is 0 Å². The van der Waals surface area contributed by atoms with Crippen LogP contribution in [0.1, 0.15) is 41.5 Å². The molecule has 1 aliphatic carbocycles. The fourth-order valence-corrected chi connectivity index (χ4v) is 3.91. The fourth-order valence-electron chi connectivity index (χ4n) is 2.75. The molecular weight excluding hydrogens is 365 g/mol. The number of aromatic nitrogens is 1. The number of nitrogens with one attached hydrogen (secondary N) is 2. The van der Waals surface area contributed by atoms with Crippen LogP contribution in [0.2, 0.25) is 5.02 Å². The largest absolute Gasteiger partial charge is 0.387 e. The molecule has 1 atom stereocenters. The highest BCUT2D eigenvalue weighted by atomic mass is 35.5. The Bertz CT molecular complexity index is 745. The first-order chi connectivity index (χ1) is 12.0. The van der Waals surface area contributed by atoms with Gasteiger partial charge in [0.15, 0.2) is 5.13 Å². The van der Waals surface area contributed by atoms with Gasteiger partial charge in [-0.2, -0.15) is 0 Å². The SMILES string of the molecule is O=C(NC[C@@H](O)c1ccc(Cl)c(F)c1)Nc1nc2c(s1)CCCCC2. The van der Waals surface area contributed by atoms with E-state index in [9.17, 15) is 14.3 Å². The van der Waals surface area contributed by atoms with Gasteiger partial charge in [0.2, 0.25) is 0 Å². The molecule has 3 rings (SSSR count). The summed E-state index contributed by atoms with van der Waals surface area (Å²) in [6, 6.07) is 3.60. The van der Waals surface area contributed by atoms with Crippen molar-refractivity contribution in [3.05, 3.63) is 45.2 Å². The average Bonchev–Trinajstić information content (AvgIpc) is 2.83. The Labute approximate surface area is 154 Å². The van der Waals surface area contributed by atoms with Gasteiger partial charge in [0.25, 0.3) is 0 Å². The first kappa shape index (κ1) is 18.1. The molecule has 2 amide bonds. The number of hydrogen-bond acceptors (Lipinski definition) is 4. The lowest BCUT2D eigenvalue weighted by Crippen LogP contribution is -2.32. The smallest absolute Gasteiger partial charge is 0.321 e. The maximum Gasteiger partial charge on any atom is 0.321 e. The van der Waals surface area contributed by atoms with Crippen LogP contribution >= 0.6 is 22.9 Å². The number of aliphatic hydroxyl groups is 1. The summed E-state index contributed by atoms with van der Waals surface area (Å²) in [6.45, 7) is -0.0437. The molecule has 1 heterocycles. The van der Waals surface area contributed by atoms with Crippen LogP contribution in [0.4, 0.5) is 14.3 Å². The van der Waals surface area contributed by atoms with Crippen molar-refractivity contribution in [3.8, 4) is 0 Å². The van der Waals surface area contributed by atoms with E-state index < -0.39 is 18.0 Å². The molecular formula is C17H19ClFN3O2S. The molecule has 0 unspecified atom stereocenters. The molecule has 0 spiro atoms. The van der Waals surface area contributed by atoms with Crippen LogP contribution in [0.5, 0.6) is 0 Å². The van der Waals surface area contributed by atoms with Crippen LogP contribution in [0.25, 0.3) is 0 Å². The molecule has 1 aliphatic rings. The zero-order chi connectivity index (χ0) is 17.8. The van der Waals surface area contributed by atoms with E-state index in [1.54, 1.807) is 0 Å². The highest BCUT2D eigenvalue weighted by molar-refractivity contribution is 7.15. The second-order valence-electron chi connectivity index (χ2n) is 5.97. The lowest BCUT2D eigenvalue weighted by Gasteiger charge is -2.12. The number of fused-ring (bicyclic) bond motifs is 1. The van der Waals surface area contributed by atoms with Crippen molar-refractivity contribution in [2.45, 2.75) is 38.2 Å². The average molecular weight is 384 g/mol. The van der Waals surface area contributed by atoms with Crippen molar-refractivity contribution >= 4 is 34.1 Å². The first-order valence-corrected chi connectivity index (χ1v) is 9.39. The van der Waals surface area contributed by atoms with Gasteiger partial charge in [0, 0.05) is 11.4 Å². The Hall–Kier alpha value is -1.70. The van der Waals surface area contributed by atoms with Crippen molar-refractivity contribution in [2.24, 2.45) is 0 Å². The summed E-state index contributed by atoms with van der Waals surface area (Å²) in [5.41, 5.74) is 1.43. The van der Waals surface area contributed by atoms with Gasteiger partial charge in [0.05, 0.1) is 16.8 Å². The topological polar surface area (TPSA) is 74.2 Å². The molecule has 0 saturated heterocycles. The second kappa shape index (κ2) is 8.12. The lowest BCUT2D eigenvalue weighted by atomic mass is 10.1. The van der Waals surface area contributed by atoms with Gasteiger partial charge < -0.3 is 10.4 Å². The maximum absolute atomic E-state index is 13.4. The number of benzene rings is 1. The Balaban J connectivity index is 1.53. The van der Waals surface area contributed by atoms with Crippen LogP contribution in [-0.2, 0) is 12.8 Å². The number of nitrogens with zero attached hydrogens (tertiary/aromatic N) is 1. The summed E-state index contributed by atoms with van der Waals surface area (Å²) in [7, 11) is 0. The fraction of sp³-hybridized carbons (Fsp3) is 0.412. The monoisotopic (exact) mass is 383 g/mol. The third kappa shape index (κ3) is 4.68. The van der Waals surface area contributed by atoms with E-state index in [4.69, 9.17) is 11.6 Å². The van der Waals surface area contributed by atoms with E-state index in [1.165, 1.54) is 34.8 Å². The summed E-state index contributed by atoms with van der Waals surface area (Å²) in [5, 5.41) is 15.9. The van der Waals surface area contributed by atoms with Crippen LogP contribution < -0.4 is 10.6 Å². The number of carbonyl (C=O) groups is 1. The number of urea groups is 1. The minimum absolute atomic E-state index is 0.00908. The number of amides is 2. The Morgan fingerprint density at radius 1 is 1.36 bits per heavy atom. The third-order valence-electron chi connectivity index (χ3n) is 4.10. The zero-order valence-corrected chi connectivity index (χ0v) is 15.1. The van der Waals surface area contributed by atoms with E-state index >= 15 is 0 Å². The number of carbonyl (C=O) groups excluding carboxylic acids is 1. The van der Waals surface area contributed by atoms with E-state index in [0.29, 0.717) is 10.7 Å². The lowest BCUT2D eigenvalue weighted by molar-refractivity contribution is 0.174. The number of rotatable bonds is 4. The van der Waals surface area contributed by atoms with Crippen LogP contribution in [-0.4, -0.2) is 22.7 Å². The highest BCUT2D eigenvalue weighted by Gasteiger charge is 2.16. The van der Waals surface area contributed by atoms with Crippen molar-refractivity contribution in [2.75, 3.05) is 11.9 Å². The molecule has 134 valence electrons. The van der Waals surface area contributed by atoms with Gasteiger partial charge in [-0.1, -0.05) is 24.1 Å². The molecule has 5 nitrogen and oxygen atoms in total. The number of aliphatic hydroxyl groups excluding tert-OH is 1. The molecule has 0 radical (unpaired) electrons. The van der Waals surface area contributed by atoms with Crippen LogP contribution in [0.3, 0.4) is 0 Å². The molecule has 2 aromatic rings. The van der Waals surface area contributed by atoms with Crippen molar-refractivity contribution in [1.29, 1.82) is 0 Å². The Morgan fingerprint density at radius 2 is 2.16 bits per heavy atom. The summed E-state index contributed by atoms with van der Waals surface area (Å²) in [5.74, 6) is -0.605. The Kier molecular flexibility index (Phi) is 5.88. The zero-order valence-electron chi connectivity index (χ0n) is 13.5. The second-order valence-corrected chi connectivity index (χ2v) is 7.46. The quantitative estimate of drug-likeness (QED) is 0.697. The molecule has 25 heavy (non-hydrogen) atoms. The summed E-state index contributed by atoms with van der Waals surface area (Å²) in [4.78, 5) is 17.7. The number of thiazole rings is 1. The molecule has 0 fully saturated rings. The molecule has 0 saturated carbocycles. The van der Waals surface area contributed by atoms with Gasteiger partial charge in [0.1, 0.15) is 5.82 Å². The van der Waals surface area contributed by atoms with Gasteiger partial charge in [-0.05, 0) is 43.4 Å². The standard InChI is InChI=1S/C17H19ClFN3O2S/c18-11-7-6-10(8-12(11)19)14(23)9-20-16(24)22-17-21-13-4-2-1-3-5-15(13)25-17/h6-8,14,23H,1-5,9H2,(H2,20,21,22,24)/t14-/m1/s1. The molecule has 1 aromatic heterocycles. The summed E-state index contributed by atoms with van der Waals surface area (Å²) in [6.07, 6.45) is 4.45. The van der Waals surface area contributed by atoms with Crippen LogP contribution in [0.15, 0.2) is 18.2 Å². The predicted octanol–water partition coefficient (Wildman–Crippen LogP) is 4.06. The minimum Gasteiger partial charge on any atom is -0.387 e. The number of aryl methyl sites for hydroxylation is 2. The van der Waals surface area contributed by atoms with Gasteiger partial charge >= 0.3 is 6.03 Å². The van der Waals surface area contributed by atoms with E-state index in [0.717, 1.165) is 37.4 Å². The molecule has 1 aromatic carbocycles.